The molecule has 6 nitrogen and oxygen atoms in total. The van der Waals surface area contributed by atoms with Crippen LogP contribution in [0.25, 0.3) is 0 Å². The Morgan fingerprint density at radius 1 is 1.31 bits per heavy atom. The van der Waals surface area contributed by atoms with Gasteiger partial charge in [0.05, 0.1) is 18.8 Å². The van der Waals surface area contributed by atoms with Crippen LogP contribution in [0.1, 0.15) is 47.0 Å². The number of carbonyl (C=O) groups excluding carboxylic acids is 2. The molecule has 0 amide bonds. The number of aliphatic hydroxyl groups is 3. The van der Waals surface area contributed by atoms with Gasteiger partial charge < -0.3 is 20.1 Å². The van der Waals surface area contributed by atoms with Crippen LogP contribution in [-0.2, 0) is 14.3 Å². The summed E-state index contributed by atoms with van der Waals surface area (Å²) in [5, 5.41) is 30.0. The summed E-state index contributed by atoms with van der Waals surface area (Å²) >= 11 is 0. The lowest BCUT2D eigenvalue weighted by atomic mass is 9.80. The Kier molecular flexibility index (Phi) is 6.55. The van der Waals surface area contributed by atoms with Crippen molar-refractivity contribution in [2.24, 2.45) is 5.92 Å². The lowest BCUT2D eigenvalue weighted by Crippen LogP contribution is -2.32. The van der Waals surface area contributed by atoms with Crippen molar-refractivity contribution in [1.82, 2.24) is 0 Å². The van der Waals surface area contributed by atoms with Gasteiger partial charge in [0.25, 0.3) is 0 Å². The molecular weight excluding hydrogens is 336 g/mol. The average Bonchev–Trinajstić information content (AvgIpc) is 2.93. The molecular formula is C20H28O6. The predicted molar refractivity (Wildman–Crippen MR) is 96.6 cm³/mol. The quantitative estimate of drug-likeness (QED) is 0.379. The van der Waals surface area contributed by atoms with Gasteiger partial charge in [0.2, 0.25) is 11.6 Å². The molecule has 1 saturated heterocycles. The predicted octanol–water partition coefficient (Wildman–Crippen LogP) is 2.16. The topological polar surface area (TPSA) is 104 Å². The maximum absolute atomic E-state index is 12.5. The summed E-state index contributed by atoms with van der Waals surface area (Å²) in [4.78, 5) is 24.9. The van der Waals surface area contributed by atoms with Crippen LogP contribution in [0.5, 0.6) is 0 Å². The molecule has 1 fully saturated rings. The number of hydrogen-bond donors (Lipinski definition) is 3. The standard InChI is InChI=1S/C20H28O6/c1-10(2)6-5-7-11(3)16-19(24)17(12(4)18(23)20(16)25)14-8-13(22)15(9-21)26-14/h6,11,13-15,21-22,24H,5,7-9H2,1-4H3. The second-order valence-electron chi connectivity index (χ2n) is 7.37. The maximum Gasteiger partial charge on any atom is 0.233 e. The van der Waals surface area contributed by atoms with Crippen molar-refractivity contribution in [3.63, 3.8) is 0 Å². The SMILES string of the molecule is CC(C)=CCCC(C)C1=C(O)C(C2CC(O)C(CO)O2)=C(C)C(=O)C1=O. The van der Waals surface area contributed by atoms with E-state index in [0.717, 1.165) is 6.42 Å². The average molecular weight is 364 g/mol. The highest BCUT2D eigenvalue weighted by atomic mass is 16.5. The molecule has 0 radical (unpaired) electrons. The molecule has 4 atom stereocenters. The smallest absolute Gasteiger partial charge is 0.233 e. The van der Waals surface area contributed by atoms with Gasteiger partial charge in [-0.1, -0.05) is 18.6 Å². The molecule has 0 bridgehead atoms. The summed E-state index contributed by atoms with van der Waals surface area (Å²) in [6, 6.07) is 0. The van der Waals surface area contributed by atoms with Crippen LogP contribution in [0.4, 0.5) is 0 Å². The molecule has 2 rings (SSSR count). The number of rotatable bonds is 6. The normalized spacial score (nSPS) is 28.0. The van der Waals surface area contributed by atoms with Crippen molar-refractivity contribution < 1.29 is 29.6 Å². The van der Waals surface area contributed by atoms with Crippen molar-refractivity contribution in [1.29, 1.82) is 0 Å². The number of Topliss-reactive ketones (excluding diaryl/α,β-unsaturated/α-hetero) is 2. The minimum Gasteiger partial charge on any atom is -0.507 e. The summed E-state index contributed by atoms with van der Waals surface area (Å²) in [5.74, 6) is -1.82. The third-order valence-electron chi connectivity index (χ3n) is 5.08. The van der Waals surface area contributed by atoms with Gasteiger partial charge >= 0.3 is 0 Å². The number of ether oxygens (including phenoxy) is 1. The molecule has 0 saturated carbocycles. The molecule has 1 heterocycles. The first kappa shape index (κ1) is 20.6. The minimum atomic E-state index is -0.885. The number of allylic oxidation sites excluding steroid dienone is 4. The van der Waals surface area contributed by atoms with Gasteiger partial charge in [-0.2, -0.15) is 0 Å². The fourth-order valence-corrected chi connectivity index (χ4v) is 3.54. The van der Waals surface area contributed by atoms with Crippen molar-refractivity contribution in [3.8, 4) is 0 Å². The third kappa shape index (κ3) is 3.98. The Hall–Kier alpha value is -1.76. The lowest BCUT2D eigenvalue weighted by molar-refractivity contribution is -0.132. The summed E-state index contributed by atoms with van der Waals surface area (Å²) in [6.45, 7) is 6.92. The summed E-state index contributed by atoms with van der Waals surface area (Å²) < 4.78 is 5.60. The first-order chi connectivity index (χ1) is 12.2. The first-order valence-electron chi connectivity index (χ1n) is 9.00. The molecule has 0 aromatic heterocycles. The molecule has 1 aliphatic heterocycles. The van der Waals surface area contributed by atoms with Crippen molar-refractivity contribution in [3.05, 3.63) is 34.1 Å². The Bertz CT molecular complexity index is 680. The van der Waals surface area contributed by atoms with Crippen molar-refractivity contribution in [2.75, 3.05) is 6.61 Å². The number of hydrogen-bond acceptors (Lipinski definition) is 6. The largest absolute Gasteiger partial charge is 0.507 e. The number of carbonyl (C=O) groups is 2. The van der Waals surface area contributed by atoms with Crippen LogP contribution in [0, 0.1) is 5.92 Å². The van der Waals surface area contributed by atoms with E-state index in [0.29, 0.717) is 6.42 Å². The molecule has 3 N–H and O–H groups in total. The zero-order valence-corrected chi connectivity index (χ0v) is 15.8. The first-order valence-corrected chi connectivity index (χ1v) is 9.00. The highest BCUT2D eigenvalue weighted by molar-refractivity contribution is 6.50. The van der Waals surface area contributed by atoms with E-state index in [9.17, 15) is 24.9 Å². The second-order valence-corrected chi connectivity index (χ2v) is 7.37. The summed E-state index contributed by atoms with van der Waals surface area (Å²) in [5.41, 5.74) is 1.68. The van der Waals surface area contributed by atoms with E-state index in [1.807, 2.05) is 26.8 Å². The van der Waals surface area contributed by atoms with Gasteiger partial charge in [-0.05, 0) is 39.5 Å². The van der Waals surface area contributed by atoms with Crippen molar-refractivity contribution >= 4 is 11.6 Å². The summed E-state index contributed by atoms with van der Waals surface area (Å²) in [7, 11) is 0. The molecule has 0 aromatic rings. The van der Waals surface area contributed by atoms with Gasteiger partial charge in [-0.25, -0.2) is 0 Å². The van der Waals surface area contributed by atoms with E-state index in [4.69, 9.17) is 4.74 Å². The Labute approximate surface area is 153 Å². The third-order valence-corrected chi connectivity index (χ3v) is 5.08. The molecule has 26 heavy (non-hydrogen) atoms. The zero-order chi connectivity index (χ0) is 19.6. The van der Waals surface area contributed by atoms with Crippen LogP contribution in [-0.4, -0.2) is 51.8 Å². The van der Waals surface area contributed by atoms with Crippen molar-refractivity contribution in [2.45, 2.75) is 65.3 Å². The molecule has 0 spiro atoms. The van der Waals surface area contributed by atoms with Gasteiger partial charge in [0, 0.05) is 23.1 Å². The molecule has 4 unspecified atom stereocenters. The van der Waals surface area contributed by atoms with Gasteiger partial charge in [0.15, 0.2) is 0 Å². The molecule has 1 aliphatic carbocycles. The summed E-state index contributed by atoms with van der Waals surface area (Å²) in [6.07, 6.45) is 1.20. The van der Waals surface area contributed by atoms with Crippen LogP contribution in [0.2, 0.25) is 0 Å². The van der Waals surface area contributed by atoms with Crippen LogP contribution in [0.3, 0.4) is 0 Å². The van der Waals surface area contributed by atoms with Gasteiger partial charge in [-0.15, -0.1) is 0 Å². The fraction of sp³-hybridized carbons (Fsp3) is 0.600. The van der Waals surface area contributed by atoms with E-state index in [2.05, 4.69) is 0 Å². The van der Waals surface area contributed by atoms with Crippen LogP contribution >= 0.6 is 0 Å². The number of ketones is 2. The van der Waals surface area contributed by atoms with Crippen LogP contribution in [0.15, 0.2) is 34.1 Å². The zero-order valence-electron chi connectivity index (χ0n) is 15.8. The monoisotopic (exact) mass is 364 g/mol. The van der Waals surface area contributed by atoms with Crippen LogP contribution < -0.4 is 0 Å². The second kappa shape index (κ2) is 8.29. The Morgan fingerprint density at radius 3 is 2.50 bits per heavy atom. The highest BCUT2D eigenvalue weighted by Gasteiger charge is 2.43. The van der Waals surface area contributed by atoms with E-state index in [1.54, 1.807) is 0 Å². The Balaban J connectivity index is 2.35. The molecule has 0 aromatic carbocycles. The van der Waals surface area contributed by atoms with E-state index < -0.39 is 29.9 Å². The van der Waals surface area contributed by atoms with E-state index >= 15 is 0 Å². The van der Waals surface area contributed by atoms with Gasteiger partial charge in [0.1, 0.15) is 11.9 Å². The molecule has 2 aliphatic rings. The number of aliphatic hydroxyl groups excluding tert-OH is 3. The molecule has 6 heteroatoms. The van der Waals surface area contributed by atoms with Gasteiger partial charge in [-0.3, -0.25) is 9.59 Å². The maximum atomic E-state index is 12.5. The lowest BCUT2D eigenvalue weighted by Gasteiger charge is -2.26. The van der Waals surface area contributed by atoms with E-state index in [-0.39, 0.29) is 41.4 Å². The molecule has 144 valence electrons. The van der Waals surface area contributed by atoms with E-state index in [1.165, 1.54) is 12.5 Å². The Morgan fingerprint density at radius 2 is 1.96 bits per heavy atom. The minimum absolute atomic E-state index is 0.114. The fourth-order valence-electron chi connectivity index (χ4n) is 3.54. The highest BCUT2D eigenvalue weighted by Crippen LogP contribution is 2.37.